The highest BCUT2D eigenvalue weighted by Gasteiger charge is 2.04. The van der Waals surface area contributed by atoms with E-state index in [2.05, 4.69) is 5.32 Å². The van der Waals surface area contributed by atoms with Crippen LogP contribution in [0.2, 0.25) is 0 Å². The molecule has 2 aromatic rings. The van der Waals surface area contributed by atoms with Crippen molar-refractivity contribution in [1.29, 1.82) is 0 Å². The van der Waals surface area contributed by atoms with E-state index in [1.165, 1.54) is 30.5 Å². The first kappa shape index (κ1) is 12.2. The van der Waals surface area contributed by atoms with Gasteiger partial charge in [-0.1, -0.05) is 0 Å². The van der Waals surface area contributed by atoms with E-state index in [0.717, 1.165) is 0 Å². The Kier molecular flexibility index (Phi) is 3.96. The van der Waals surface area contributed by atoms with E-state index in [-0.39, 0.29) is 18.3 Å². The lowest BCUT2D eigenvalue weighted by molar-refractivity contribution is -0.123. The van der Waals surface area contributed by atoms with Crippen molar-refractivity contribution < 1.29 is 18.3 Å². The lowest BCUT2D eigenvalue weighted by Gasteiger charge is -2.06. The highest BCUT2D eigenvalue weighted by Crippen LogP contribution is 2.10. The van der Waals surface area contributed by atoms with Crippen LogP contribution in [0.25, 0.3) is 0 Å². The SMILES string of the molecule is O=C(COc1ccc(F)cc1)NCc1ccco1. The second-order valence-electron chi connectivity index (χ2n) is 3.60. The van der Waals surface area contributed by atoms with Crippen LogP contribution in [0.1, 0.15) is 5.76 Å². The van der Waals surface area contributed by atoms with Crippen LogP contribution in [-0.2, 0) is 11.3 Å². The van der Waals surface area contributed by atoms with Gasteiger partial charge >= 0.3 is 0 Å². The second-order valence-corrected chi connectivity index (χ2v) is 3.60. The van der Waals surface area contributed by atoms with Crippen LogP contribution in [0, 0.1) is 5.82 Å². The molecule has 0 spiro atoms. The lowest BCUT2D eigenvalue weighted by atomic mass is 10.3. The molecule has 0 fully saturated rings. The standard InChI is InChI=1S/C13H12FNO3/c14-10-3-5-11(6-4-10)18-9-13(16)15-8-12-2-1-7-17-12/h1-7H,8-9H2,(H,15,16). The fourth-order valence-electron chi connectivity index (χ4n) is 1.33. The molecule has 0 aliphatic rings. The van der Waals surface area contributed by atoms with Gasteiger partial charge in [-0.15, -0.1) is 0 Å². The number of hydrogen-bond acceptors (Lipinski definition) is 3. The molecule has 1 N–H and O–H groups in total. The number of carbonyl (C=O) groups is 1. The van der Waals surface area contributed by atoms with Crippen LogP contribution in [-0.4, -0.2) is 12.5 Å². The summed E-state index contributed by atoms with van der Waals surface area (Å²) in [7, 11) is 0. The van der Waals surface area contributed by atoms with Crippen molar-refractivity contribution in [2.24, 2.45) is 0 Å². The zero-order valence-electron chi connectivity index (χ0n) is 9.56. The first-order valence-corrected chi connectivity index (χ1v) is 5.41. The first-order valence-electron chi connectivity index (χ1n) is 5.41. The van der Waals surface area contributed by atoms with E-state index in [1.54, 1.807) is 12.1 Å². The summed E-state index contributed by atoms with van der Waals surface area (Å²) in [6.45, 7) is 0.199. The highest BCUT2D eigenvalue weighted by atomic mass is 19.1. The summed E-state index contributed by atoms with van der Waals surface area (Å²) < 4.78 is 22.9. The van der Waals surface area contributed by atoms with Gasteiger partial charge in [-0.2, -0.15) is 0 Å². The molecule has 1 amide bonds. The molecule has 0 aliphatic heterocycles. The quantitative estimate of drug-likeness (QED) is 0.883. The van der Waals surface area contributed by atoms with E-state index < -0.39 is 0 Å². The molecule has 0 unspecified atom stereocenters. The number of nitrogens with one attached hydrogen (secondary N) is 1. The summed E-state index contributed by atoms with van der Waals surface area (Å²) in [5.74, 6) is 0.509. The number of ether oxygens (including phenoxy) is 1. The molecule has 4 nitrogen and oxygen atoms in total. The number of amides is 1. The molecule has 2 rings (SSSR count). The Labute approximate surface area is 103 Å². The van der Waals surface area contributed by atoms with Gasteiger partial charge in [-0.25, -0.2) is 4.39 Å². The Balaban J connectivity index is 1.73. The topological polar surface area (TPSA) is 51.5 Å². The lowest BCUT2D eigenvalue weighted by Crippen LogP contribution is -2.28. The van der Waals surface area contributed by atoms with Gasteiger partial charge in [-0.05, 0) is 36.4 Å². The van der Waals surface area contributed by atoms with Crippen LogP contribution < -0.4 is 10.1 Å². The Hall–Kier alpha value is -2.30. The zero-order chi connectivity index (χ0) is 12.8. The second kappa shape index (κ2) is 5.86. The molecular weight excluding hydrogens is 237 g/mol. The molecule has 0 atom stereocenters. The zero-order valence-corrected chi connectivity index (χ0v) is 9.56. The minimum atomic E-state index is -0.343. The molecule has 18 heavy (non-hydrogen) atoms. The van der Waals surface area contributed by atoms with E-state index in [0.29, 0.717) is 18.1 Å². The average molecular weight is 249 g/mol. The fraction of sp³-hybridized carbons (Fsp3) is 0.154. The van der Waals surface area contributed by atoms with E-state index in [9.17, 15) is 9.18 Å². The van der Waals surface area contributed by atoms with Crippen molar-refractivity contribution in [2.75, 3.05) is 6.61 Å². The Morgan fingerprint density at radius 2 is 2.06 bits per heavy atom. The van der Waals surface area contributed by atoms with Gasteiger partial charge in [0, 0.05) is 0 Å². The molecule has 0 radical (unpaired) electrons. The average Bonchev–Trinajstić information content (AvgIpc) is 2.89. The number of benzene rings is 1. The van der Waals surface area contributed by atoms with Crippen LogP contribution >= 0.6 is 0 Å². The summed E-state index contributed by atoms with van der Waals surface area (Å²) in [4.78, 5) is 11.4. The van der Waals surface area contributed by atoms with Crippen molar-refractivity contribution in [3.8, 4) is 5.75 Å². The van der Waals surface area contributed by atoms with Crippen molar-refractivity contribution >= 4 is 5.91 Å². The summed E-state index contributed by atoms with van der Waals surface area (Å²) in [5, 5.41) is 2.63. The number of hydrogen-bond donors (Lipinski definition) is 1. The smallest absolute Gasteiger partial charge is 0.258 e. The van der Waals surface area contributed by atoms with Gasteiger partial charge < -0.3 is 14.5 Å². The molecule has 0 bridgehead atoms. The minimum absolute atomic E-state index is 0.119. The van der Waals surface area contributed by atoms with E-state index >= 15 is 0 Å². The maximum Gasteiger partial charge on any atom is 0.258 e. The van der Waals surface area contributed by atoms with Gasteiger partial charge in [0.05, 0.1) is 12.8 Å². The van der Waals surface area contributed by atoms with Crippen LogP contribution in [0.15, 0.2) is 47.1 Å². The molecule has 5 heteroatoms. The number of carbonyl (C=O) groups excluding carboxylic acids is 1. The van der Waals surface area contributed by atoms with Crippen molar-refractivity contribution in [2.45, 2.75) is 6.54 Å². The Morgan fingerprint density at radius 1 is 1.28 bits per heavy atom. The summed E-state index contributed by atoms with van der Waals surface area (Å²) >= 11 is 0. The number of rotatable bonds is 5. The molecule has 0 aliphatic carbocycles. The molecule has 94 valence electrons. The Bertz CT molecular complexity index is 493. The predicted octanol–water partition coefficient (Wildman–Crippen LogP) is 2.11. The van der Waals surface area contributed by atoms with Gasteiger partial charge in [0.25, 0.3) is 5.91 Å². The summed E-state index contributed by atoms with van der Waals surface area (Å²) in [6, 6.07) is 8.99. The van der Waals surface area contributed by atoms with Gasteiger partial charge in [0.1, 0.15) is 17.3 Å². The summed E-state index contributed by atoms with van der Waals surface area (Å²) in [5.41, 5.74) is 0. The van der Waals surface area contributed by atoms with Gasteiger partial charge in [0.2, 0.25) is 0 Å². The third-order valence-electron chi connectivity index (χ3n) is 2.22. The van der Waals surface area contributed by atoms with Gasteiger partial charge in [-0.3, -0.25) is 4.79 Å². The minimum Gasteiger partial charge on any atom is -0.484 e. The maximum atomic E-state index is 12.6. The van der Waals surface area contributed by atoms with Gasteiger partial charge in [0.15, 0.2) is 6.61 Å². The molecule has 0 saturated heterocycles. The predicted molar refractivity (Wildman–Crippen MR) is 62.4 cm³/mol. The third kappa shape index (κ3) is 3.62. The van der Waals surface area contributed by atoms with Crippen molar-refractivity contribution in [3.63, 3.8) is 0 Å². The third-order valence-corrected chi connectivity index (χ3v) is 2.22. The monoisotopic (exact) mass is 249 g/mol. The number of furan rings is 1. The molecule has 1 heterocycles. The van der Waals surface area contributed by atoms with Crippen LogP contribution in [0.5, 0.6) is 5.75 Å². The molecular formula is C13H12FNO3. The molecule has 0 saturated carbocycles. The Morgan fingerprint density at radius 3 is 2.72 bits per heavy atom. The normalized spacial score (nSPS) is 10.1. The van der Waals surface area contributed by atoms with E-state index in [1.807, 2.05) is 0 Å². The summed E-state index contributed by atoms with van der Waals surface area (Å²) in [6.07, 6.45) is 1.54. The molecule has 1 aromatic heterocycles. The first-order chi connectivity index (χ1) is 8.74. The van der Waals surface area contributed by atoms with E-state index in [4.69, 9.17) is 9.15 Å². The van der Waals surface area contributed by atoms with Crippen molar-refractivity contribution in [1.82, 2.24) is 5.32 Å². The highest BCUT2D eigenvalue weighted by molar-refractivity contribution is 5.77. The fourth-order valence-corrected chi connectivity index (χ4v) is 1.33. The molecule has 1 aromatic carbocycles. The van der Waals surface area contributed by atoms with Crippen LogP contribution in [0.3, 0.4) is 0 Å². The van der Waals surface area contributed by atoms with Crippen LogP contribution in [0.4, 0.5) is 4.39 Å². The number of halogens is 1. The maximum absolute atomic E-state index is 12.6. The van der Waals surface area contributed by atoms with Crippen molar-refractivity contribution in [3.05, 3.63) is 54.2 Å². The largest absolute Gasteiger partial charge is 0.484 e.